The molecule has 29 heavy (non-hydrogen) atoms. The first kappa shape index (κ1) is 17.8. The number of aryl methyl sites for hydroxylation is 1. The van der Waals surface area contributed by atoms with Crippen LogP contribution in [-0.2, 0) is 6.42 Å². The quantitative estimate of drug-likeness (QED) is 0.435. The zero-order valence-corrected chi connectivity index (χ0v) is 17.0. The van der Waals surface area contributed by atoms with E-state index in [1.54, 1.807) is 0 Å². The van der Waals surface area contributed by atoms with Crippen molar-refractivity contribution in [3.05, 3.63) is 76.3 Å². The fraction of sp³-hybridized carbons (Fsp3) is 0.0870. The number of nitrogen functional groups attached to an aromatic ring is 1. The summed E-state index contributed by atoms with van der Waals surface area (Å²) in [5.41, 5.74) is 11.7. The maximum atomic E-state index is 11.9. The summed E-state index contributed by atoms with van der Waals surface area (Å²) in [5.74, 6) is 1.11. The molecule has 3 N–H and O–H groups in total. The maximum absolute atomic E-state index is 11.9. The summed E-state index contributed by atoms with van der Waals surface area (Å²) in [7, 11) is 0. The average Bonchev–Trinajstić information content (AvgIpc) is 3.08. The molecule has 0 unspecified atom stereocenters. The van der Waals surface area contributed by atoms with Crippen LogP contribution in [0.2, 0.25) is 0 Å². The van der Waals surface area contributed by atoms with Gasteiger partial charge in [0.15, 0.2) is 5.78 Å². The van der Waals surface area contributed by atoms with Crippen molar-refractivity contribution >= 4 is 50.1 Å². The number of anilines is 3. The van der Waals surface area contributed by atoms with Crippen LogP contribution in [-0.4, -0.2) is 15.8 Å². The summed E-state index contributed by atoms with van der Waals surface area (Å²) in [4.78, 5) is 20.7. The number of nitrogens with one attached hydrogen (secondary N) is 1. The second-order valence-electron chi connectivity index (χ2n) is 7.09. The van der Waals surface area contributed by atoms with Gasteiger partial charge in [0.1, 0.15) is 5.82 Å². The van der Waals surface area contributed by atoms with Gasteiger partial charge in [-0.05, 0) is 53.4 Å². The average molecular weight is 445 g/mol. The Labute approximate surface area is 176 Å². The summed E-state index contributed by atoms with van der Waals surface area (Å²) in [6.45, 7) is 0. The second-order valence-corrected chi connectivity index (χ2v) is 8.01. The van der Waals surface area contributed by atoms with Gasteiger partial charge in [0, 0.05) is 27.5 Å². The van der Waals surface area contributed by atoms with Crippen LogP contribution in [0.3, 0.4) is 0 Å². The lowest BCUT2D eigenvalue weighted by Gasteiger charge is -2.12. The lowest BCUT2D eigenvalue weighted by molar-refractivity contribution is 0.0994. The molecular formula is C23H17BrN4O. The van der Waals surface area contributed by atoms with Gasteiger partial charge in [-0.15, -0.1) is 0 Å². The van der Waals surface area contributed by atoms with E-state index in [0.29, 0.717) is 12.2 Å². The predicted octanol–water partition coefficient (Wildman–Crippen LogP) is 5.51. The van der Waals surface area contributed by atoms with Gasteiger partial charge in [-0.25, -0.2) is 4.98 Å². The molecule has 0 bridgehead atoms. The molecule has 0 aliphatic heterocycles. The van der Waals surface area contributed by atoms with Gasteiger partial charge in [-0.3, -0.25) is 4.79 Å². The molecule has 0 atom stereocenters. The molecule has 4 aromatic rings. The van der Waals surface area contributed by atoms with E-state index in [1.165, 1.54) is 0 Å². The van der Waals surface area contributed by atoms with E-state index in [4.69, 9.17) is 5.73 Å². The molecular weight excluding hydrogens is 428 g/mol. The van der Waals surface area contributed by atoms with Crippen molar-refractivity contribution in [3.8, 4) is 11.1 Å². The number of ketones is 1. The highest BCUT2D eigenvalue weighted by molar-refractivity contribution is 9.10. The van der Waals surface area contributed by atoms with Gasteiger partial charge in [0.05, 0.1) is 5.52 Å². The van der Waals surface area contributed by atoms with Crippen LogP contribution < -0.4 is 11.1 Å². The molecule has 0 fully saturated rings. The number of carbonyl (C=O) groups is 1. The summed E-state index contributed by atoms with van der Waals surface area (Å²) >= 11 is 3.49. The number of aromatic nitrogens is 2. The van der Waals surface area contributed by atoms with Crippen molar-refractivity contribution in [3.63, 3.8) is 0 Å². The van der Waals surface area contributed by atoms with Crippen LogP contribution in [0.5, 0.6) is 0 Å². The van der Waals surface area contributed by atoms with Crippen molar-refractivity contribution in [1.29, 1.82) is 0 Å². The van der Waals surface area contributed by atoms with Gasteiger partial charge < -0.3 is 11.1 Å². The first-order chi connectivity index (χ1) is 14.1. The molecule has 6 heteroatoms. The number of fused-ring (bicyclic) bond motifs is 2. The normalized spacial score (nSPS) is 12.9. The molecule has 3 aromatic carbocycles. The fourth-order valence-electron chi connectivity index (χ4n) is 3.76. The molecule has 0 spiro atoms. The highest BCUT2D eigenvalue weighted by Gasteiger charge is 2.19. The number of Topliss-reactive ketones (excluding diaryl/α,β-unsaturated/α-hetero) is 1. The van der Waals surface area contributed by atoms with E-state index < -0.39 is 0 Å². The Kier molecular flexibility index (Phi) is 4.28. The molecule has 1 aliphatic rings. The lowest BCUT2D eigenvalue weighted by atomic mass is 9.99. The van der Waals surface area contributed by atoms with Crippen LogP contribution >= 0.6 is 15.9 Å². The minimum Gasteiger partial charge on any atom is -0.368 e. The molecule has 0 saturated carbocycles. The zero-order valence-electron chi connectivity index (χ0n) is 15.4. The first-order valence-corrected chi connectivity index (χ1v) is 10.1. The van der Waals surface area contributed by atoms with Gasteiger partial charge in [-0.1, -0.05) is 46.3 Å². The molecule has 5 nitrogen and oxygen atoms in total. The molecule has 1 aromatic heterocycles. The van der Waals surface area contributed by atoms with Gasteiger partial charge in [-0.2, -0.15) is 4.98 Å². The van der Waals surface area contributed by atoms with E-state index in [1.807, 2.05) is 48.5 Å². The van der Waals surface area contributed by atoms with E-state index >= 15 is 0 Å². The van der Waals surface area contributed by atoms with Crippen LogP contribution in [0.15, 0.2) is 65.1 Å². The lowest BCUT2D eigenvalue weighted by Crippen LogP contribution is -2.01. The van der Waals surface area contributed by atoms with E-state index in [9.17, 15) is 4.79 Å². The largest absolute Gasteiger partial charge is 0.368 e. The standard InChI is InChI=1S/C23H17BrN4O/c24-16-2-1-3-17(12-16)26-22-19-11-14(5-8-20(19)27-23(25)28-22)13-4-7-18-15(10-13)6-9-21(18)29/h1-5,7-8,10-12H,6,9H2,(H3,25,26,27,28). The van der Waals surface area contributed by atoms with E-state index in [0.717, 1.165) is 49.7 Å². The van der Waals surface area contributed by atoms with Crippen molar-refractivity contribution in [2.45, 2.75) is 12.8 Å². The molecule has 1 aliphatic carbocycles. The second kappa shape index (κ2) is 6.97. The number of rotatable bonds is 3. The molecule has 5 rings (SSSR count). The van der Waals surface area contributed by atoms with Crippen LogP contribution in [0.4, 0.5) is 17.5 Å². The Morgan fingerprint density at radius 2 is 1.76 bits per heavy atom. The fourth-order valence-corrected chi connectivity index (χ4v) is 4.16. The number of carbonyl (C=O) groups excluding carboxylic acids is 1. The van der Waals surface area contributed by atoms with Gasteiger partial charge >= 0.3 is 0 Å². The Morgan fingerprint density at radius 3 is 2.62 bits per heavy atom. The van der Waals surface area contributed by atoms with Crippen LogP contribution in [0, 0.1) is 0 Å². The topological polar surface area (TPSA) is 80.9 Å². The smallest absolute Gasteiger partial charge is 0.222 e. The zero-order chi connectivity index (χ0) is 20.0. The van der Waals surface area contributed by atoms with Crippen molar-refractivity contribution in [1.82, 2.24) is 9.97 Å². The number of hydrogen-bond acceptors (Lipinski definition) is 5. The van der Waals surface area contributed by atoms with Crippen molar-refractivity contribution in [2.75, 3.05) is 11.1 Å². The van der Waals surface area contributed by atoms with E-state index in [2.05, 4.69) is 43.3 Å². The molecule has 1 heterocycles. The predicted molar refractivity (Wildman–Crippen MR) is 119 cm³/mol. The Morgan fingerprint density at radius 1 is 0.931 bits per heavy atom. The summed E-state index contributed by atoms with van der Waals surface area (Å²) in [6.07, 6.45) is 1.41. The SMILES string of the molecule is Nc1nc(Nc2cccc(Br)c2)c2cc(-c3ccc4c(c3)CCC4=O)ccc2n1. The van der Waals surface area contributed by atoms with Crippen LogP contribution in [0.1, 0.15) is 22.3 Å². The highest BCUT2D eigenvalue weighted by Crippen LogP contribution is 2.32. The first-order valence-electron chi connectivity index (χ1n) is 9.33. The van der Waals surface area contributed by atoms with Crippen LogP contribution in [0.25, 0.3) is 22.0 Å². The Hall–Kier alpha value is -3.25. The Bertz CT molecular complexity index is 1290. The minimum absolute atomic E-state index is 0.221. The summed E-state index contributed by atoms with van der Waals surface area (Å²) in [5, 5.41) is 4.23. The van der Waals surface area contributed by atoms with Gasteiger partial charge in [0.2, 0.25) is 5.95 Å². The molecule has 0 amide bonds. The Balaban J connectivity index is 1.61. The third-order valence-corrected chi connectivity index (χ3v) is 5.65. The molecule has 142 valence electrons. The van der Waals surface area contributed by atoms with Crippen molar-refractivity contribution < 1.29 is 4.79 Å². The summed E-state index contributed by atoms with van der Waals surface area (Å²) < 4.78 is 0.974. The maximum Gasteiger partial charge on any atom is 0.222 e. The third-order valence-electron chi connectivity index (χ3n) is 5.16. The molecule has 0 radical (unpaired) electrons. The molecule has 0 saturated heterocycles. The van der Waals surface area contributed by atoms with Gasteiger partial charge in [0.25, 0.3) is 0 Å². The number of hydrogen-bond donors (Lipinski definition) is 2. The number of nitrogens with zero attached hydrogens (tertiary/aromatic N) is 2. The monoisotopic (exact) mass is 444 g/mol. The third kappa shape index (κ3) is 3.36. The minimum atomic E-state index is 0.221. The number of benzene rings is 3. The number of nitrogens with two attached hydrogens (primary N) is 1. The summed E-state index contributed by atoms with van der Waals surface area (Å²) in [6, 6.07) is 20.0. The highest BCUT2D eigenvalue weighted by atomic mass is 79.9. The van der Waals surface area contributed by atoms with E-state index in [-0.39, 0.29) is 11.7 Å². The van der Waals surface area contributed by atoms with Crippen molar-refractivity contribution in [2.24, 2.45) is 0 Å². The number of halogens is 1.